The largest absolute Gasteiger partial charge is 0.540 e. The van der Waals surface area contributed by atoms with E-state index in [1.165, 1.54) is 28.8 Å². The molecule has 0 saturated carbocycles. The van der Waals surface area contributed by atoms with Gasteiger partial charge in [-0.2, -0.15) is 0 Å². The summed E-state index contributed by atoms with van der Waals surface area (Å²) in [6.07, 6.45) is -1.01. The summed E-state index contributed by atoms with van der Waals surface area (Å²) in [4.78, 5) is 0. The van der Waals surface area contributed by atoms with E-state index in [9.17, 15) is 9.50 Å². The van der Waals surface area contributed by atoms with Gasteiger partial charge in [-0.15, -0.1) is 0 Å². The minimum atomic E-state index is -1.01. The summed E-state index contributed by atoms with van der Waals surface area (Å²) >= 11 is 0. The van der Waals surface area contributed by atoms with Crippen LogP contribution in [0.5, 0.6) is 11.5 Å². The van der Waals surface area contributed by atoms with Crippen molar-refractivity contribution in [3.63, 3.8) is 0 Å². The van der Waals surface area contributed by atoms with Crippen molar-refractivity contribution in [1.29, 1.82) is 0 Å². The van der Waals surface area contributed by atoms with Crippen molar-refractivity contribution in [2.24, 2.45) is 11.8 Å². The van der Waals surface area contributed by atoms with Gasteiger partial charge in [-0.1, -0.05) is 59.7 Å². The molecule has 1 N–H and O–H groups in total. The summed E-state index contributed by atoms with van der Waals surface area (Å²) in [5.74, 6) is 1.69. The van der Waals surface area contributed by atoms with Gasteiger partial charge < -0.3 is 19.0 Å². The van der Waals surface area contributed by atoms with E-state index in [-0.39, 0.29) is 35.8 Å². The van der Waals surface area contributed by atoms with Gasteiger partial charge in [-0.25, -0.2) is 4.39 Å². The number of benzene rings is 3. The Morgan fingerprint density at radius 3 is 2.03 bits per heavy atom. The molecule has 209 valence electrons. The fourth-order valence-electron chi connectivity index (χ4n) is 6.55. The molecule has 0 spiro atoms. The lowest BCUT2D eigenvalue weighted by molar-refractivity contribution is 0.0487. The molecular weight excluding hydrogens is 507 g/mol. The molecule has 0 aliphatic heterocycles. The number of halogens is 1. The third-order valence-corrected chi connectivity index (χ3v) is 8.23. The van der Waals surface area contributed by atoms with Crippen LogP contribution in [0.3, 0.4) is 0 Å². The van der Waals surface area contributed by atoms with Gasteiger partial charge in [-0.05, 0) is 95.3 Å². The summed E-state index contributed by atoms with van der Waals surface area (Å²) in [6, 6.07) is 14.1. The van der Waals surface area contributed by atoms with Gasteiger partial charge in [0.2, 0.25) is 0 Å². The van der Waals surface area contributed by atoms with Crippen molar-refractivity contribution in [3.8, 4) is 11.5 Å². The van der Waals surface area contributed by atoms with Crippen LogP contribution < -0.4 is 9.16 Å². The fourth-order valence-corrected chi connectivity index (χ4v) is 6.72. The number of methoxy groups -OCH3 is 1. The monoisotopic (exact) mass is 549 g/mol. The highest BCUT2D eigenvalue weighted by Crippen LogP contribution is 2.51. The highest BCUT2D eigenvalue weighted by Gasteiger charge is 2.44. The Hall–Kier alpha value is -2.67. The first kappa shape index (κ1) is 30.9. The van der Waals surface area contributed by atoms with E-state index in [4.69, 9.17) is 13.9 Å². The first-order valence-electron chi connectivity index (χ1n) is 13.6. The average Bonchev–Trinajstić information content (AvgIpc) is 2.88. The quantitative estimate of drug-likeness (QED) is 0.197. The van der Waals surface area contributed by atoms with E-state index in [1.807, 2.05) is 6.07 Å². The Morgan fingerprint density at radius 2 is 1.51 bits per heavy atom. The number of aryl methyl sites for hydroxylation is 1. The minimum absolute atomic E-state index is 0.0474. The van der Waals surface area contributed by atoms with Gasteiger partial charge in [0.25, 0.3) is 0 Å². The predicted octanol–water partition coefficient (Wildman–Crippen LogP) is 7.69. The van der Waals surface area contributed by atoms with Crippen LogP contribution in [0.1, 0.15) is 92.5 Å². The van der Waals surface area contributed by atoms with E-state index in [1.54, 1.807) is 19.2 Å². The van der Waals surface area contributed by atoms with Crippen molar-refractivity contribution >= 4 is 10.5 Å². The van der Waals surface area contributed by atoms with Gasteiger partial charge in [-0.3, -0.25) is 0 Å². The van der Waals surface area contributed by atoms with Crippen LogP contribution in [0.25, 0.3) is 0 Å². The molecule has 39 heavy (non-hydrogen) atoms. The molecule has 6 heteroatoms. The average molecular weight is 550 g/mol. The van der Waals surface area contributed by atoms with Crippen molar-refractivity contribution in [1.82, 2.24) is 0 Å². The molecule has 1 atom stereocenters. The maximum Gasteiger partial charge on any atom is 0.341 e. The molecule has 1 unspecified atom stereocenters. The normalized spacial score (nSPS) is 12.9. The molecule has 0 heterocycles. The second kappa shape index (κ2) is 12.7. The number of aliphatic hydroxyl groups excluding tert-OH is 1. The first-order chi connectivity index (χ1) is 18.4. The maximum absolute atomic E-state index is 13.7. The molecule has 0 fully saturated rings. The lowest BCUT2D eigenvalue weighted by Crippen LogP contribution is -2.41. The van der Waals surface area contributed by atoms with E-state index >= 15 is 0 Å². The third-order valence-electron chi connectivity index (χ3n) is 8.01. The molecule has 3 aromatic rings. The number of ether oxygens (including phenoxy) is 2. The topological polar surface area (TPSA) is 47.9 Å². The molecule has 0 aromatic heterocycles. The highest BCUT2D eigenvalue weighted by atomic mass is 28.2. The van der Waals surface area contributed by atoms with Crippen molar-refractivity contribution < 1.29 is 23.4 Å². The maximum atomic E-state index is 13.7. The molecule has 0 amide bonds. The molecular formula is C33H42FO4Si. The standard InChI is InChI=1S/C33H42FO4Si/c1-19(2)30-23(8)31(22(7)16-29(30)38-39)33(20(3)4,21(5)6)25-12-15-28(37-18-36-9)27(17-25)32(35)24-10-13-26(34)14-11-24/h10-17,19-21,32,35H,18H2,1-9H3. The Kier molecular flexibility index (Phi) is 10.0. The van der Waals surface area contributed by atoms with E-state index in [0.29, 0.717) is 16.9 Å². The van der Waals surface area contributed by atoms with E-state index in [0.717, 1.165) is 16.9 Å². The fraction of sp³-hybridized carbons (Fsp3) is 0.455. The highest BCUT2D eigenvalue weighted by molar-refractivity contribution is 6.00. The third kappa shape index (κ3) is 5.79. The van der Waals surface area contributed by atoms with Gasteiger partial charge in [0, 0.05) is 18.1 Å². The Bertz CT molecular complexity index is 1260. The SMILES string of the molecule is COCOc1ccc(C(c2c(C)cc(O[Si])c(C(C)C)c2C)(C(C)C)C(C)C)cc1C(O)c1ccc(F)cc1. The lowest BCUT2D eigenvalue weighted by Gasteiger charge is -2.46. The van der Waals surface area contributed by atoms with Crippen molar-refractivity contribution in [2.75, 3.05) is 13.9 Å². The number of aliphatic hydroxyl groups is 1. The van der Waals surface area contributed by atoms with Crippen LogP contribution in [0.15, 0.2) is 48.5 Å². The van der Waals surface area contributed by atoms with E-state index < -0.39 is 6.10 Å². The summed E-state index contributed by atoms with van der Waals surface area (Å²) < 4.78 is 30.4. The molecule has 0 aliphatic rings. The van der Waals surface area contributed by atoms with Crippen LogP contribution >= 0.6 is 0 Å². The summed E-state index contributed by atoms with van der Waals surface area (Å²) in [5.41, 5.74) is 6.69. The Morgan fingerprint density at radius 1 is 0.897 bits per heavy atom. The van der Waals surface area contributed by atoms with Crippen LogP contribution in [0.2, 0.25) is 0 Å². The van der Waals surface area contributed by atoms with Gasteiger partial charge in [0.05, 0.1) is 0 Å². The van der Waals surface area contributed by atoms with Crippen LogP contribution in [0.4, 0.5) is 4.39 Å². The zero-order valence-electron chi connectivity index (χ0n) is 24.7. The smallest absolute Gasteiger partial charge is 0.341 e. The number of hydrogen-bond acceptors (Lipinski definition) is 4. The Balaban J connectivity index is 2.38. The predicted molar refractivity (Wildman–Crippen MR) is 156 cm³/mol. The van der Waals surface area contributed by atoms with Gasteiger partial charge >= 0.3 is 10.5 Å². The van der Waals surface area contributed by atoms with E-state index in [2.05, 4.69) is 84.1 Å². The zero-order chi connectivity index (χ0) is 29.1. The first-order valence-corrected chi connectivity index (χ1v) is 14.0. The number of hydrogen-bond donors (Lipinski definition) is 1. The van der Waals surface area contributed by atoms with Crippen LogP contribution in [-0.4, -0.2) is 29.5 Å². The number of rotatable bonds is 11. The molecule has 0 bridgehead atoms. The van der Waals surface area contributed by atoms with Gasteiger partial charge in [0.1, 0.15) is 23.4 Å². The zero-order valence-corrected chi connectivity index (χ0v) is 25.7. The van der Waals surface area contributed by atoms with Crippen molar-refractivity contribution in [2.45, 2.75) is 72.8 Å². The van der Waals surface area contributed by atoms with Crippen molar-refractivity contribution in [3.05, 3.63) is 93.3 Å². The molecule has 3 radical (unpaired) electrons. The molecule has 0 saturated heterocycles. The molecule has 3 rings (SSSR count). The summed E-state index contributed by atoms with van der Waals surface area (Å²) in [6.45, 7) is 17.8. The Labute approximate surface area is 237 Å². The lowest BCUT2D eigenvalue weighted by atomic mass is 9.58. The molecule has 3 aromatic carbocycles. The second-order valence-corrected chi connectivity index (χ2v) is 11.5. The second-order valence-electron chi connectivity index (χ2n) is 11.3. The molecule has 4 nitrogen and oxygen atoms in total. The molecule has 0 aliphatic carbocycles. The van der Waals surface area contributed by atoms with Gasteiger partial charge in [0.15, 0.2) is 6.79 Å². The van der Waals surface area contributed by atoms with Crippen LogP contribution in [-0.2, 0) is 10.2 Å². The summed E-state index contributed by atoms with van der Waals surface area (Å²) in [5, 5.41) is 11.5. The minimum Gasteiger partial charge on any atom is -0.540 e. The van der Waals surface area contributed by atoms with Crippen LogP contribution in [0, 0.1) is 31.5 Å². The summed E-state index contributed by atoms with van der Waals surface area (Å²) in [7, 11) is 4.84.